The van der Waals surface area contributed by atoms with Crippen molar-refractivity contribution in [1.82, 2.24) is 10.3 Å². The van der Waals surface area contributed by atoms with Crippen molar-refractivity contribution >= 4 is 28.4 Å². The molecule has 1 aliphatic heterocycles. The SMILES string of the molecule is O=C(NCc1cc2ccccc2[nH]1)c1cc(Cl)c2c(c1)OCCCO2. The van der Waals surface area contributed by atoms with Gasteiger partial charge in [-0.15, -0.1) is 0 Å². The van der Waals surface area contributed by atoms with E-state index in [0.717, 1.165) is 23.0 Å². The number of para-hydroxylation sites is 1. The average molecular weight is 357 g/mol. The van der Waals surface area contributed by atoms with E-state index in [4.69, 9.17) is 21.1 Å². The number of ether oxygens (including phenoxy) is 2. The van der Waals surface area contributed by atoms with E-state index in [2.05, 4.69) is 10.3 Å². The van der Waals surface area contributed by atoms with Crippen LogP contribution in [0.15, 0.2) is 42.5 Å². The van der Waals surface area contributed by atoms with E-state index in [1.807, 2.05) is 30.3 Å². The first kappa shape index (κ1) is 15.8. The molecular weight excluding hydrogens is 340 g/mol. The summed E-state index contributed by atoms with van der Waals surface area (Å²) in [6, 6.07) is 13.3. The highest BCUT2D eigenvalue weighted by atomic mass is 35.5. The van der Waals surface area contributed by atoms with E-state index in [0.29, 0.717) is 41.8 Å². The molecule has 5 nitrogen and oxygen atoms in total. The van der Waals surface area contributed by atoms with Crippen molar-refractivity contribution in [3.8, 4) is 11.5 Å². The van der Waals surface area contributed by atoms with Crippen LogP contribution in [-0.4, -0.2) is 24.1 Å². The molecule has 0 fully saturated rings. The van der Waals surface area contributed by atoms with E-state index in [9.17, 15) is 4.79 Å². The number of carbonyl (C=O) groups is 1. The highest BCUT2D eigenvalue weighted by Crippen LogP contribution is 2.37. The van der Waals surface area contributed by atoms with Crippen LogP contribution < -0.4 is 14.8 Å². The Kier molecular flexibility index (Phi) is 4.24. The second kappa shape index (κ2) is 6.69. The largest absolute Gasteiger partial charge is 0.489 e. The van der Waals surface area contributed by atoms with Crippen LogP contribution in [0.25, 0.3) is 10.9 Å². The molecule has 0 spiro atoms. The molecule has 0 saturated carbocycles. The van der Waals surface area contributed by atoms with Crippen LogP contribution in [0.1, 0.15) is 22.5 Å². The lowest BCUT2D eigenvalue weighted by atomic mass is 10.2. The predicted molar refractivity (Wildman–Crippen MR) is 96.5 cm³/mol. The first-order chi connectivity index (χ1) is 12.2. The first-order valence-corrected chi connectivity index (χ1v) is 8.52. The molecule has 0 aliphatic carbocycles. The molecule has 0 saturated heterocycles. The average Bonchev–Trinajstić information content (AvgIpc) is 2.88. The standard InChI is InChI=1S/C19H17ClN2O3/c20-15-9-13(10-17-18(15)25-7-3-6-24-17)19(23)21-11-14-8-12-4-1-2-5-16(12)22-14/h1-2,4-5,8-10,22H,3,6-7,11H2,(H,21,23). The third kappa shape index (κ3) is 3.28. The van der Waals surface area contributed by atoms with Crippen LogP contribution in [0.3, 0.4) is 0 Å². The van der Waals surface area contributed by atoms with Gasteiger partial charge in [0.15, 0.2) is 11.5 Å². The van der Waals surface area contributed by atoms with Crippen LogP contribution in [0, 0.1) is 0 Å². The summed E-state index contributed by atoms with van der Waals surface area (Å²) < 4.78 is 11.2. The smallest absolute Gasteiger partial charge is 0.251 e. The van der Waals surface area contributed by atoms with Crippen molar-refractivity contribution < 1.29 is 14.3 Å². The summed E-state index contributed by atoms with van der Waals surface area (Å²) in [5.74, 6) is 0.809. The second-order valence-corrected chi connectivity index (χ2v) is 6.31. The van der Waals surface area contributed by atoms with Gasteiger partial charge in [0.2, 0.25) is 0 Å². The Morgan fingerprint density at radius 2 is 2.00 bits per heavy atom. The zero-order chi connectivity index (χ0) is 17.2. The maximum Gasteiger partial charge on any atom is 0.251 e. The molecular formula is C19H17ClN2O3. The minimum absolute atomic E-state index is 0.212. The number of halogens is 1. The van der Waals surface area contributed by atoms with Crippen molar-refractivity contribution in [2.24, 2.45) is 0 Å². The molecule has 0 bridgehead atoms. The summed E-state index contributed by atoms with van der Waals surface area (Å²) in [7, 11) is 0. The number of hydrogen-bond donors (Lipinski definition) is 2. The number of nitrogens with one attached hydrogen (secondary N) is 2. The molecule has 1 amide bonds. The fourth-order valence-electron chi connectivity index (χ4n) is 2.87. The van der Waals surface area contributed by atoms with Gasteiger partial charge in [0.05, 0.1) is 24.8 Å². The Balaban J connectivity index is 1.51. The lowest BCUT2D eigenvalue weighted by Crippen LogP contribution is -2.23. The monoisotopic (exact) mass is 356 g/mol. The van der Waals surface area contributed by atoms with Crippen LogP contribution in [0.2, 0.25) is 5.02 Å². The number of amides is 1. The third-order valence-electron chi connectivity index (χ3n) is 4.09. The number of carbonyl (C=O) groups excluding carboxylic acids is 1. The Hall–Kier alpha value is -2.66. The molecule has 2 N–H and O–H groups in total. The molecule has 2 aromatic carbocycles. The second-order valence-electron chi connectivity index (χ2n) is 5.90. The Labute approximate surface area is 149 Å². The fraction of sp³-hybridized carbons (Fsp3) is 0.211. The topological polar surface area (TPSA) is 63.4 Å². The number of hydrogen-bond acceptors (Lipinski definition) is 3. The van der Waals surface area contributed by atoms with Gasteiger partial charge in [0.1, 0.15) is 0 Å². The maximum atomic E-state index is 12.5. The Morgan fingerprint density at radius 1 is 1.16 bits per heavy atom. The molecule has 6 heteroatoms. The number of aromatic nitrogens is 1. The summed E-state index contributed by atoms with van der Waals surface area (Å²) in [4.78, 5) is 15.8. The van der Waals surface area contributed by atoms with Gasteiger partial charge in [0, 0.05) is 23.2 Å². The van der Waals surface area contributed by atoms with Crippen molar-refractivity contribution in [3.05, 3.63) is 58.7 Å². The van der Waals surface area contributed by atoms with Crippen LogP contribution >= 0.6 is 11.6 Å². The van der Waals surface area contributed by atoms with E-state index >= 15 is 0 Å². The Bertz CT molecular complexity index is 903. The molecule has 4 rings (SSSR count). The lowest BCUT2D eigenvalue weighted by Gasteiger charge is -2.11. The van der Waals surface area contributed by atoms with Crippen molar-refractivity contribution in [1.29, 1.82) is 0 Å². The fourth-order valence-corrected chi connectivity index (χ4v) is 3.13. The van der Waals surface area contributed by atoms with Gasteiger partial charge in [-0.3, -0.25) is 4.79 Å². The number of rotatable bonds is 3. The summed E-state index contributed by atoms with van der Waals surface area (Å²) in [6.45, 7) is 1.50. The van der Waals surface area contributed by atoms with Gasteiger partial charge in [-0.05, 0) is 29.7 Å². The number of H-pyrrole nitrogens is 1. The minimum Gasteiger partial charge on any atom is -0.489 e. The molecule has 0 radical (unpaired) electrons. The van der Waals surface area contributed by atoms with E-state index in [1.165, 1.54) is 0 Å². The summed E-state index contributed by atoms with van der Waals surface area (Å²) in [6.07, 6.45) is 0.785. The number of aromatic amines is 1. The van der Waals surface area contributed by atoms with Crippen LogP contribution in [-0.2, 0) is 6.54 Å². The van der Waals surface area contributed by atoms with Gasteiger partial charge in [0.25, 0.3) is 5.91 Å². The molecule has 1 aromatic heterocycles. The molecule has 2 heterocycles. The summed E-state index contributed by atoms with van der Waals surface area (Å²) >= 11 is 6.24. The van der Waals surface area contributed by atoms with E-state index in [-0.39, 0.29) is 5.91 Å². The van der Waals surface area contributed by atoms with Crippen molar-refractivity contribution in [3.63, 3.8) is 0 Å². The van der Waals surface area contributed by atoms with Gasteiger partial charge in [-0.2, -0.15) is 0 Å². The molecule has 0 atom stereocenters. The van der Waals surface area contributed by atoms with Crippen LogP contribution in [0.4, 0.5) is 0 Å². The molecule has 0 unspecified atom stereocenters. The summed E-state index contributed by atoms with van der Waals surface area (Å²) in [5.41, 5.74) is 2.44. The van der Waals surface area contributed by atoms with Gasteiger partial charge in [-0.25, -0.2) is 0 Å². The van der Waals surface area contributed by atoms with Gasteiger partial charge >= 0.3 is 0 Å². The zero-order valence-corrected chi connectivity index (χ0v) is 14.2. The number of benzene rings is 2. The highest BCUT2D eigenvalue weighted by molar-refractivity contribution is 6.32. The van der Waals surface area contributed by atoms with Crippen molar-refractivity contribution in [2.45, 2.75) is 13.0 Å². The van der Waals surface area contributed by atoms with E-state index < -0.39 is 0 Å². The molecule has 128 valence electrons. The first-order valence-electron chi connectivity index (χ1n) is 8.15. The molecule has 3 aromatic rings. The maximum absolute atomic E-state index is 12.5. The minimum atomic E-state index is -0.212. The van der Waals surface area contributed by atoms with Crippen LogP contribution in [0.5, 0.6) is 11.5 Å². The quantitative estimate of drug-likeness (QED) is 0.747. The normalized spacial score (nSPS) is 13.5. The van der Waals surface area contributed by atoms with E-state index in [1.54, 1.807) is 12.1 Å². The summed E-state index contributed by atoms with van der Waals surface area (Å²) in [5, 5.41) is 4.40. The molecule has 1 aliphatic rings. The van der Waals surface area contributed by atoms with Crippen molar-refractivity contribution in [2.75, 3.05) is 13.2 Å². The highest BCUT2D eigenvalue weighted by Gasteiger charge is 2.18. The van der Waals surface area contributed by atoms with Gasteiger partial charge in [-0.1, -0.05) is 29.8 Å². The third-order valence-corrected chi connectivity index (χ3v) is 4.37. The molecule has 25 heavy (non-hydrogen) atoms. The predicted octanol–water partition coefficient (Wildman–Crippen LogP) is 3.91. The van der Waals surface area contributed by atoms with Gasteiger partial charge < -0.3 is 19.8 Å². The zero-order valence-electron chi connectivity index (χ0n) is 13.5. The Morgan fingerprint density at radius 3 is 2.88 bits per heavy atom. The number of fused-ring (bicyclic) bond motifs is 2. The lowest BCUT2D eigenvalue weighted by molar-refractivity contribution is 0.0950.